The smallest absolute Gasteiger partial charge is 0.270 e. The number of nitrogens with zero attached hydrogens (tertiary/aromatic N) is 1. The fourth-order valence-electron chi connectivity index (χ4n) is 2.12. The molecule has 2 rings (SSSR count). The molecule has 1 atom stereocenters. The van der Waals surface area contributed by atoms with Crippen LogP contribution in [0.25, 0.3) is 0 Å². The Morgan fingerprint density at radius 2 is 2.19 bits per heavy atom. The first kappa shape index (κ1) is 15.5. The zero-order valence-electron chi connectivity index (χ0n) is 12.6. The van der Waals surface area contributed by atoms with Gasteiger partial charge in [-0.05, 0) is 36.4 Å². The van der Waals surface area contributed by atoms with Gasteiger partial charge in [0.15, 0.2) is 0 Å². The molecule has 0 saturated carbocycles. The molecule has 0 aliphatic carbocycles. The second-order valence-corrected chi connectivity index (χ2v) is 6.15. The second-order valence-electron chi connectivity index (χ2n) is 5.17. The molecule has 0 aliphatic rings. The molecule has 0 aliphatic heterocycles. The molecule has 2 aromatic heterocycles. The van der Waals surface area contributed by atoms with Crippen molar-refractivity contribution in [3.8, 4) is 0 Å². The van der Waals surface area contributed by atoms with Crippen LogP contribution in [0.15, 0.2) is 35.8 Å². The van der Waals surface area contributed by atoms with Gasteiger partial charge in [-0.15, -0.1) is 11.3 Å². The minimum absolute atomic E-state index is 0.0158. The summed E-state index contributed by atoms with van der Waals surface area (Å²) in [7, 11) is 0. The summed E-state index contributed by atoms with van der Waals surface area (Å²) < 4.78 is 0. The number of aromatic nitrogens is 1. The van der Waals surface area contributed by atoms with Crippen LogP contribution in [0.5, 0.6) is 0 Å². The van der Waals surface area contributed by atoms with Crippen LogP contribution in [0.3, 0.4) is 0 Å². The van der Waals surface area contributed by atoms with E-state index in [0.717, 1.165) is 12.2 Å². The van der Waals surface area contributed by atoms with Gasteiger partial charge in [0.25, 0.3) is 5.91 Å². The van der Waals surface area contributed by atoms with Crippen molar-refractivity contribution in [3.63, 3.8) is 0 Å². The minimum atomic E-state index is -0.137. The Bertz CT molecular complexity index is 581. The summed E-state index contributed by atoms with van der Waals surface area (Å²) in [5.74, 6) is 0.186. The molecule has 2 N–H and O–H groups in total. The van der Waals surface area contributed by atoms with Crippen LogP contribution in [0.1, 0.15) is 42.2 Å². The standard InChI is InChI=1S/C16H21N3OS/c1-4-17-12-7-8-18-13(10-12)16(20)19-15(11(2)3)14-6-5-9-21-14/h5-11,15H,4H2,1-3H3,(H,17,18)(H,19,20). The number of pyridine rings is 1. The molecule has 4 nitrogen and oxygen atoms in total. The van der Waals surface area contributed by atoms with Crippen LogP contribution in [-0.2, 0) is 0 Å². The Morgan fingerprint density at radius 1 is 1.38 bits per heavy atom. The van der Waals surface area contributed by atoms with Crippen molar-refractivity contribution in [1.29, 1.82) is 0 Å². The van der Waals surface area contributed by atoms with E-state index in [1.807, 2.05) is 24.4 Å². The van der Waals surface area contributed by atoms with Gasteiger partial charge < -0.3 is 10.6 Å². The quantitative estimate of drug-likeness (QED) is 0.855. The SMILES string of the molecule is CCNc1ccnc(C(=O)NC(c2cccs2)C(C)C)c1. The second kappa shape index (κ2) is 7.22. The van der Waals surface area contributed by atoms with Crippen molar-refractivity contribution in [1.82, 2.24) is 10.3 Å². The van der Waals surface area contributed by atoms with Crippen LogP contribution in [0.4, 0.5) is 5.69 Å². The maximum Gasteiger partial charge on any atom is 0.270 e. The highest BCUT2D eigenvalue weighted by atomic mass is 32.1. The van der Waals surface area contributed by atoms with E-state index in [4.69, 9.17) is 0 Å². The molecule has 112 valence electrons. The monoisotopic (exact) mass is 303 g/mol. The largest absolute Gasteiger partial charge is 0.385 e. The summed E-state index contributed by atoms with van der Waals surface area (Å²) >= 11 is 1.66. The maximum absolute atomic E-state index is 12.4. The lowest BCUT2D eigenvalue weighted by Gasteiger charge is -2.21. The van der Waals surface area contributed by atoms with E-state index in [9.17, 15) is 4.79 Å². The minimum Gasteiger partial charge on any atom is -0.385 e. The van der Waals surface area contributed by atoms with Crippen LogP contribution >= 0.6 is 11.3 Å². The van der Waals surface area contributed by atoms with E-state index in [2.05, 4.69) is 35.5 Å². The Morgan fingerprint density at radius 3 is 2.81 bits per heavy atom. The number of carbonyl (C=O) groups is 1. The Labute approximate surface area is 129 Å². The lowest BCUT2D eigenvalue weighted by Crippen LogP contribution is -2.31. The molecule has 21 heavy (non-hydrogen) atoms. The molecule has 2 heterocycles. The first-order valence-corrected chi connectivity index (χ1v) is 8.04. The average Bonchev–Trinajstić information content (AvgIpc) is 2.98. The topological polar surface area (TPSA) is 54.0 Å². The maximum atomic E-state index is 12.4. The number of anilines is 1. The predicted molar refractivity (Wildman–Crippen MR) is 87.8 cm³/mol. The van der Waals surface area contributed by atoms with Crippen LogP contribution in [0.2, 0.25) is 0 Å². The molecule has 5 heteroatoms. The first-order chi connectivity index (χ1) is 10.1. The van der Waals surface area contributed by atoms with Crippen LogP contribution in [-0.4, -0.2) is 17.4 Å². The average molecular weight is 303 g/mol. The van der Waals surface area contributed by atoms with Crippen molar-refractivity contribution < 1.29 is 4.79 Å². The number of hydrogen-bond donors (Lipinski definition) is 2. The van der Waals surface area contributed by atoms with E-state index in [1.54, 1.807) is 23.6 Å². The molecule has 1 unspecified atom stereocenters. The summed E-state index contributed by atoms with van der Waals surface area (Å²) in [6.45, 7) is 7.04. The normalized spacial score (nSPS) is 12.2. The summed E-state index contributed by atoms with van der Waals surface area (Å²) in [4.78, 5) is 17.7. The molecular weight excluding hydrogens is 282 g/mol. The van der Waals surface area contributed by atoms with Gasteiger partial charge in [0, 0.05) is 23.3 Å². The third kappa shape index (κ3) is 4.04. The molecule has 0 radical (unpaired) electrons. The van der Waals surface area contributed by atoms with Gasteiger partial charge in [0.2, 0.25) is 0 Å². The Kier molecular flexibility index (Phi) is 5.33. The van der Waals surface area contributed by atoms with Crippen LogP contribution in [0, 0.1) is 5.92 Å². The number of carbonyl (C=O) groups excluding carboxylic acids is 1. The Hall–Kier alpha value is -1.88. The van der Waals surface area contributed by atoms with Crippen molar-refractivity contribution in [3.05, 3.63) is 46.4 Å². The van der Waals surface area contributed by atoms with Crippen molar-refractivity contribution in [2.45, 2.75) is 26.8 Å². The summed E-state index contributed by atoms with van der Waals surface area (Å²) in [5.41, 5.74) is 1.35. The third-order valence-electron chi connectivity index (χ3n) is 3.18. The number of hydrogen-bond acceptors (Lipinski definition) is 4. The highest BCUT2D eigenvalue weighted by molar-refractivity contribution is 7.10. The molecule has 1 amide bonds. The van der Waals surface area contributed by atoms with Gasteiger partial charge >= 0.3 is 0 Å². The molecule has 0 aromatic carbocycles. The van der Waals surface area contributed by atoms with E-state index in [1.165, 1.54) is 4.88 Å². The number of amides is 1. The molecular formula is C16H21N3OS. The zero-order valence-corrected chi connectivity index (χ0v) is 13.4. The van der Waals surface area contributed by atoms with Crippen molar-refractivity contribution >= 4 is 22.9 Å². The first-order valence-electron chi connectivity index (χ1n) is 7.16. The van der Waals surface area contributed by atoms with Gasteiger partial charge in [-0.25, -0.2) is 0 Å². The fraction of sp³-hybridized carbons (Fsp3) is 0.375. The number of rotatable bonds is 6. The van der Waals surface area contributed by atoms with E-state index in [0.29, 0.717) is 11.6 Å². The highest BCUT2D eigenvalue weighted by Gasteiger charge is 2.20. The number of thiophene rings is 1. The molecule has 0 saturated heterocycles. The van der Waals surface area contributed by atoms with Gasteiger partial charge in [0.1, 0.15) is 5.69 Å². The molecule has 0 bridgehead atoms. The van der Waals surface area contributed by atoms with Crippen molar-refractivity contribution in [2.24, 2.45) is 5.92 Å². The van der Waals surface area contributed by atoms with E-state index < -0.39 is 0 Å². The van der Waals surface area contributed by atoms with Crippen molar-refractivity contribution in [2.75, 3.05) is 11.9 Å². The van der Waals surface area contributed by atoms with Gasteiger partial charge in [-0.2, -0.15) is 0 Å². The summed E-state index contributed by atoms with van der Waals surface area (Å²) in [5, 5.41) is 8.30. The predicted octanol–water partition coefficient (Wildman–Crippen LogP) is 3.70. The molecule has 0 spiro atoms. The zero-order chi connectivity index (χ0) is 15.2. The highest BCUT2D eigenvalue weighted by Crippen LogP contribution is 2.26. The molecule has 2 aromatic rings. The van der Waals surface area contributed by atoms with Crippen LogP contribution < -0.4 is 10.6 Å². The third-order valence-corrected chi connectivity index (χ3v) is 4.13. The summed E-state index contributed by atoms with van der Waals surface area (Å²) in [6, 6.07) is 7.72. The van der Waals surface area contributed by atoms with E-state index >= 15 is 0 Å². The van der Waals surface area contributed by atoms with Gasteiger partial charge in [-0.3, -0.25) is 9.78 Å². The lowest BCUT2D eigenvalue weighted by atomic mass is 10.0. The Balaban J connectivity index is 2.14. The summed E-state index contributed by atoms with van der Waals surface area (Å²) in [6.07, 6.45) is 1.66. The van der Waals surface area contributed by atoms with E-state index in [-0.39, 0.29) is 11.9 Å². The van der Waals surface area contributed by atoms with Gasteiger partial charge in [-0.1, -0.05) is 19.9 Å². The fourth-order valence-corrected chi connectivity index (χ4v) is 3.07. The number of nitrogens with one attached hydrogen (secondary N) is 2. The lowest BCUT2D eigenvalue weighted by molar-refractivity contribution is 0.0921. The van der Waals surface area contributed by atoms with Gasteiger partial charge in [0.05, 0.1) is 6.04 Å². The molecule has 0 fully saturated rings.